The van der Waals surface area contributed by atoms with Crippen LogP contribution in [0.15, 0.2) is 28.7 Å². The number of rotatable bonds is 15. The van der Waals surface area contributed by atoms with Crippen molar-refractivity contribution in [2.45, 2.75) is 90.4 Å². The van der Waals surface area contributed by atoms with Crippen molar-refractivity contribution in [3.63, 3.8) is 0 Å². The first kappa shape index (κ1) is 22.2. The number of carbonyl (C=O) groups is 1. The molecular weight excluding hydrogens is 376 g/mol. The molecule has 0 heterocycles. The number of hydrogen-bond donors (Lipinski definition) is 0. The summed E-state index contributed by atoms with van der Waals surface area (Å²) in [6.07, 6.45) is 17.3. The third-order valence-corrected chi connectivity index (χ3v) is 5.09. The minimum Gasteiger partial charge on any atom is -0.462 e. The second kappa shape index (κ2) is 15.4. The summed E-state index contributed by atoms with van der Waals surface area (Å²) in [5, 5.41) is 0. The lowest BCUT2D eigenvalue weighted by molar-refractivity contribution is 0.0497. The fourth-order valence-electron chi connectivity index (χ4n) is 2.95. The van der Waals surface area contributed by atoms with Gasteiger partial charge in [-0.05, 0) is 30.7 Å². The summed E-state index contributed by atoms with van der Waals surface area (Å²) >= 11 is 3.36. The third-order valence-electron chi connectivity index (χ3n) is 4.56. The smallest absolute Gasteiger partial charge is 0.338 e. The van der Waals surface area contributed by atoms with E-state index in [-0.39, 0.29) is 5.97 Å². The number of unbranched alkanes of at least 4 members (excludes halogenated alkanes) is 12. The SMILES string of the molecule is CCCCCCCCCCCCCCCOC(=O)c1ccc(Br)cc1. The van der Waals surface area contributed by atoms with Crippen molar-refractivity contribution in [3.8, 4) is 0 Å². The highest BCUT2D eigenvalue weighted by Gasteiger charge is 2.05. The number of carbonyl (C=O) groups excluding carboxylic acids is 1. The minimum absolute atomic E-state index is 0.216. The first-order chi connectivity index (χ1) is 12.2. The molecule has 0 saturated heterocycles. The highest BCUT2D eigenvalue weighted by molar-refractivity contribution is 9.10. The van der Waals surface area contributed by atoms with E-state index in [9.17, 15) is 4.79 Å². The lowest BCUT2D eigenvalue weighted by atomic mass is 10.0. The average Bonchev–Trinajstić information content (AvgIpc) is 2.62. The summed E-state index contributed by atoms with van der Waals surface area (Å²) in [4.78, 5) is 11.8. The molecule has 0 amide bonds. The van der Waals surface area contributed by atoms with Crippen LogP contribution in [0.2, 0.25) is 0 Å². The maximum absolute atomic E-state index is 11.8. The van der Waals surface area contributed by atoms with Crippen LogP contribution in [-0.4, -0.2) is 12.6 Å². The van der Waals surface area contributed by atoms with Crippen LogP contribution in [0.5, 0.6) is 0 Å². The predicted molar refractivity (Wildman–Crippen MR) is 110 cm³/mol. The molecule has 0 saturated carbocycles. The lowest BCUT2D eigenvalue weighted by Crippen LogP contribution is -2.06. The molecule has 0 aromatic heterocycles. The van der Waals surface area contributed by atoms with Gasteiger partial charge in [-0.1, -0.05) is 99.9 Å². The average molecular weight is 411 g/mol. The Balaban J connectivity index is 1.84. The van der Waals surface area contributed by atoms with Gasteiger partial charge in [0.15, 0.2) is 0 Å². The molecule has 0 bridgehead atoms. The number of esters is 1. The Labute approximate surface area is 162 Å². The third kappa shape index (κ3) is 12.2. The number of halogens is 1. The molecule has 1 aromatic carbocycles. The van der Waals surface area contributed by atoms with Gasteiger partial charge in [0.25, 0.3) is 0 Å². The summed E-state index contributed by atoms with van der Waals surface area (Å²) in [7, 11) is 0. The first-order valence-electron chi connectivity index (χ1n) is 10.2. The fourth-order valence-corrected chi connectivity index (χ4v) is 3.22. The molecule has 0 atom stereocenters. The van der Waals surface area contributed by atoms with Crippen LogP contribution in [0.3, 0.4) is 0 Å². The molecule has 1 rings (SSSR count). The van der Waals surface area contributed by atoms with E-state index < -0.39 is 0 Å². The zero-order valence-electron chi connectivity index (χ0n) is 15.9. The molecule has 3 heteroatoms. The van der Waals surface area contributed by atoms with Gasteiger partial charge >= 0.3 is 5.97 Å². The Bertz CT molecular complexity index is 442. The summed E-state index contributed by atoms with van der Waals surface area (Å²) < 4.78 is 6.29. The van der Waals surface area contributed by atoms with Gasteiger partial charge in [-0.2, -0.15) is 0 Å². The summed E-state index contributed by atoms with van der Waals surface area (Å²) in [5.41, 5.74) is 0.623. The van der Waals surface area contributed by atoms with Gasteiger partial charge in [-0.15, -0.1) is 0 Å². The van der Waals surface area contributed by atoms with Gasteiger partial charge in [0.1, 0.15) is 0 Å². The second-order valence-electron chi connectivity index (χ2n) is 6.89. The van der Waals surface area contributed by atoms with Crippen LogP contribution in [0, 0.1) is 0 Å². The molecule has 0 N–H and O–H groups in total. The van der Waals surface area contributed by atoms with Gasteiger partial charge in [-0.25, -0.2) is 4.79 Å². The maximum Gasteiger partial charge on any atom is 0.338 e. The van der Waals surface area contributed by atoms with E-state index in [0.717, 1.165) is 17.3 Å². The summed E-state index contributed by atoms with van der Waals surface area (Å²) in [6.45, 7) is 2.80. The van der Waals surface area contributed by atoms with Crippen molar-refractivity contribution < 1.29 is 9.53 Å². The maximum atomic E-state index is 11.8. The molecule has 0 unspecified atom stereocenters. The van der Waals surface area contributed by atoms with Gasteiger partial charge in [0.2, 0.25) is 0 Å². The van der Waals surface area contributed by atoms with Crippen LogP contribution >= 0.6 is 15.9 Å². The Morgan fingerprint density at radius 3 is 1.68 bits per heavy atom. The fraction of sp³-hybridized carbons (Fsp3) is 0.682. The van der Waals surface area contributed by atoms with Gasteiger partial charge in [-0.3, -0.25) is 0 Å². The highest BCUT2D eigenvalue weighted by Crippen LogP contribution is 2.13. The van der Waals surface area contributed by atoms with E-state index in [4.69, 9.17) is 4.74 Å². The van der Waals surface area contributed by atoms with Gasteiger partial charge in [0, 0.05) is 4.47 Å². The Hall–Kier alpha value is -0.830. The molecule has 0 radical (unpaired) electrons. The quantitative estimate of drug-likeness (QED) is 0.218. The first-order valence-corrected chi connectivity index (χ1v) is 11.0. The monoisotopic (exact) mass is 410 g/mol. The molecule has 0 aliphatic carbocycles. The number of ether oxygens (including phenoxy) is 1. The molecule has 142 valence electrons. The van der Waals surface area contributed by atoms with Crippen LogP contribution in [-0.2, 0) is 4.74 Å². The molecule has 0 aliphatic rings. The lowest BCUT2D eigenvalue weighted by Gasteiger charge is -2.05. The van der Waals surface area contributed by atoms with Crippen LogP contribution in [0.4, 0.5) is 0 Å². The predicted octanol–water partition coefficient (Wildman–Crippen LogP) is 7.70. The van der Waals surface area contributed by atoms with Gasteiger partial charge in [0.05, 0.1) is 12.2 Å². The molecule has 0 spiro atoms. The molecule has 2 nitrogen and oxygen atoms in total. The molecule has 0 fully saturated rings. The van der Waals surface area contributed by atoms with Crippen LogP contribution < -0.4 is 0 Å². The van der Waals surface area contributed by atoms with E-state index in [0.29, 0.717) is 12.2 Å². The van der Waals surface area contributed by atoms with Crippen molar-refractivity contribution >= 4 is 21.9 Å². The molecule has 0 aliphatic heterocycles. The molecule has 25 heavy (non-hydrogen) atoms. The Kier molecular flexibility index (Phi) is 13.7. The highest BCUT2D eigenvalue weighted by atomic mass is 79.9. The van der Waals surface area contributed by atoms with Crippen LogP contribution in [0.25, 0.3) is 0 Å². The number of hydrogen-bond acceptors (Lipinski definition) is 2. The number of benzene rings is 1. The topological polar surface area (TPSA) is 26.3 Å². The van der Waals surface area contributed by atoms with E-state index in [1.54, 1.807) is 12.1 Å². The van der Waals surface area contributed by atoms with Crippen molar-refractivity contribution in [2.75, 3.05) is 6.61 Å². The summed E-state index contributed by atoms with van der Waals surface area (Å²) in [6, 6.07) is 7.30. The van der Waals surface area contributed by atoms with Crippen molar-refractivity contribution in [1.29, 1.82) is 0 Å². The van der Waals surface area contributed by atoms with E-state index in [1.807, 2.05) is 12.1 Å². The molecular formula is C22H35BrO2. The van der Waals surface area contributed by atoms with E-state index >= 15 is 0 Å². The molecule has 1 aromatic rings. The Morgan fingerprint density at radius 1 is 0.760 bits per heavy atom. The second-order valence-corrected chi connectivity index (χ2v) is 7.80. The zero-order valence-corrected chi connectivity index (χ0v) is 17.5. The van der Waals surface area contributed by atoms with Crippen molar-refractivity contribution in [1.82, 2.24) is 0 Å². The minimum atomic E-state index is -0.216. The van der Waals surface area contributed by atoms with E-state index in [2.05, 4.69) is 22.9 Å². The zero-order chi connectivity index (χ0) is 18.2. The Morgan fingerprint density at radius 2 is 1.20 bits per heavy atom. The van der Waals surface area contributed by atoms with Crippen molar-refractivity contribution in [3.05, 3.63) is 34.3 Å². The van der Waals surface area contributed by atoms with Crippen molar-refractivity contribution in [2.24, 2.45) is 0 Å². The van der Waals surface area contributed by atoms with Crippen LogP contribution in [0.1, 0.15) is 101 Å². The summed E-state index contributed by atoms with van der Waals surface area (Å²) in [5.74, 6) is -0.216. The van der Waals surface area contributed by atoms with E-state index in [1.165, 1.54) is 70.6 Å². The largest absolute Gasteiger partial charge is 0.462 e. The van der Waals surface area contributed by atoms with Gasteiger partial charge < -0.3 is 4.74 Å². The standard InChI is InChI=1S/C22H35BrO2/c1-2-3-4-5-6-7-8-9-10-11-12-13-14-19-25-22(24)20-15-17-21(23)18-16-20/h15-18H,2-14,19H2,1H3. The normalized spacial score (nSPS) is 10.8.